The van der Waals surface area contributed by atoms with Gasteiger partial charge in [-0.2, -0.15) is 0 Å². The fraction of sp³-hybridized carbons (Fsp3) is 0.943. The number of rotatable bonds is 31. The number of amides is 2. The van der Waals surface area contributed by atoms with Gasteiger partial charge in [0.05, 0.1) is 6.61 Å². The Balaban J connectivity index is 4.10. The van der Waals surface area contributed by atoms with E-state index in [2.05, 4.69) is 26.1 Å². The van der Waals surface area contributed by atoms with Crippen molar-refractivity contribution in [1.29, 1.82) is 0 Å². The maximum Gasteiger partial charge on any atom is 0.407 e. The van der Waals surface area contributed by atoms with E-state index in [1.54, 1.807) is 0 Å². The largest absolute Gasteiger partial charge is 0.450 e. The van der Waals surface area contributed by atoms with Crippen molar-refractivity contribution in [1.82, 2.24) is 10.2 Å². The van der Waals surface area contributed by atoms with Crippen molar-refractivity contribution < 1.29 is 14.3 Å². The lowest BCUT2D eigenvalue weighted by Crippen LogP contribution is -2.41. The summed E-state index contributed by atoms with van der Waals surface area (Å²) in [6.45, 7) is 8.68. The van der Waals surface area contributed by atoms with Gasteiger partial charge in [-0.1, -0.05) is 168 Å². The molecular formula is C35H70N2O3. The second-order valence-electron chi connectivity index (χ2n) is 12.0. The molecule has 5 nitrogen and oxygen atoms in total. The molecule has 0 fully saturated rings. The fourth-order valence-electron chi connectivity index (χ4n) is 5.27. The van der Waals surface area contributed by atoms with Gasteiger partial charge in [0.25, 0.3) is 0 Å². The molecule has 0 spiro atoms. The lowest BCUT2D eigenvalue weighted by Gasteiger charge is -2.23. The first-order valence-electron chi connectivity index (χ1n) is 17.8. The minimum Gasteiger partial charge on any atom is -0.450 e. The summed E-state index contributed by atoms with van der Waals surface area (Å²) in [6.07, 6.45) is 33.0. The number of nitrogens with one attached hydrogen (secondary N) is 1. The van der Waals surface area contributed by atoms with Crippen LogP contribution in [0.2, 0.25) is 0 Å². The van der Waals surface area contributed by atoms with Crippen LogP contribution < -0.4 is 5.32 Å². The zero-order valence-electron chi connectivity index (χ0n) is 27.4. The van der Waals surface area contributed by atoms with Crippen molar-refractivity contribution in [3.8, 4) is 0 Å². The number of alkyl carbamates (subject to hydrolysis) is 1. The first-order valence-corrected chi connectivity index (χ1v) is 17.8. The van der Waals surface area contributed by atoms with Gasteiger partial charge in [0.2, 0.25) is 5.91 Å². The molecule has 0 unspecified atom stereocenters. The molecule has 0 aliphatic rings. The molecule has 0 saturated carbocycles. The van der Waals surface area contributed by atoms with Crippen LogP contribution >= 0.6 is 0 Å². The van der Waals surface area contributed by atoms with Crippen LogP contribution in [-0.2, 0) is 9.53 Å². The van der Waals surface area contributed by atoms with E-state index in [-0.39, 0.29) is 12.5 Å². The molecule has 0 heterocycles. The Morgan fingerprint density at radius 3 is 1.15 bits per heavy atom. The third-order valence-electron chi connectivity index (χ3n) is 8.03. The van der Waals surface area contributed by atoms with Gasteiger partial charge in [-0.05, 0) is 19.3 Å². The molecule has 0 aromatic heterocycles. The molecular weight excluding hydrogens is 496 g/mol. The summed E-state index contributed by atoms with van der Waals surface area (Å²) in [5.74, 6) is 0.0265. The number of hydrogen-bond acceptors (Lipinski definition) is 3. The Labute approximate surface area is 250 Å². The number of ether oxygens (including phenoxy) is 1. The summed E-state index contributed by atoms with van der Waals surface area (Å²) in [5.41, 5.74) is 0. The Bertz CT molecular complexity index is 513. The van der Waals surface area contributed by atoms with Gasteiger partial charge >= 0.3 is 6.09 Å². The van der Waals surface area contributed by atoms with Crippen molar-refractivity contribution in [3.05, 3.63) is 0 Å². The lowest BCUT2D eigenvalue weighted by atomic mass is 10.0. The predicted molar refractivity (Wildman–Crippen MR) is 173 cm³/mol. The van der Waals surface area contributed by atoms with Gasteiger partial charge in [0, 0.05) is 13.1 Å². The van der Waals surface area contributed by atoms with E-state index in [1.165, 1.54) is 141 Å². The topological polar surface area (TPSA) is 58.6 Å². The summed E-state index contributed by atoms with van der Waals surface area (Å²) >= 11 is 0. The molecule has 5 heteroatoms. The molecule has 0 atom stereocenters. The average molecular weight is 567 g/mol. The summed E-state index contributed by atoms with van der Waals surface area (Å²) in [5, 5.41) is 2.66. The number of carbonyl (C=O) groups excluding carboxylic acids is 2. The van der Waals surface area contributed by atoms with E-state index in [1.807, 2.05) is 4.90 Å². The van der Waals surface area contributed by atoms with Crippen LogP contribution in [0.15, 0.2) is 0 Å². The number of hydrogen-bond donors (Lipinski definition) is 1. The second kappa shape index (κ2) is 32.3. The molecule has 0 bridgehead atoms. The quantitative estimate of drug-likeness (QED) is 0.0849. The highest BCUT2D eigenvalue weighted by Crippen LogP contribution is 2.14. The number of nitrogens with zero attached hydrogens (tertiary/aromatic N) is 1. The maximum absolute atomic E-state index is 12.9. The average Bonchev–Trinajstić information content (AvgIpc) is 2.96. The Morgan fingerprint density at radius 1 is 0.475 bits per heavy atom. The van der Waals surface area contributed by atoms with E-state index in [4.69, 9.17) is 4.74 Å². The second-order valence-corrected chi connectivity index (χ2v) is 12.0. The van der Waals surface area contributed by atoms with E-state index in [9.17, 15) is 9.59 Å². The van der Waals surface area contributed by atoms with Crippen molar-refractivity contribution >= 4 is 12.0 Å². The Kier molecular flexibility index (Phi) is 31.2. The molecule has 2 amide bonds. The van der Waals surface area contributed by atoms with Crippen molar-refractivity contribution in [3.63, 3.8) is 0 Å². The standard InChI is InChI=1S/C35H70N2O3/c1-4-7-10-12-14-16-18-20-22-24-26-28-30-37(34(38)33-36-35(39)40-32-9-6-3)31-29-27-25-23-21-19-17-15-13-11-8-5-2/h4-33H2,1-3H3,(H,36,39). The van der Waals surface area contributed by atoms with Crippen LogP contribution in [0.5, 0.6) is 0 Å². The molecule has 0 rings (SSSR count). The van der Waals surface area contributed by atoms with Crippen LogP contribution in [0.3, 0.4) is 0 Å². The Morgan fingerprint density at radius 2 is 0.800 bits per heavy atom. The molecule has 0 aromatic rings. The maximum atomic E-state index is 12.9. The lowest BCUT2D eigenvalue weighted by molar-refractivity contribution is -0.130. The Hall–Kier alpha value is -1.26. The van der Waals surface area contributed by atoms with Crippen molar-refractivity contribution in [2.24, 2.45) is 0 Å². The summed E-state index contributed by atoms with van der Waals surface area (Å²) in [4.78, 5) is 26.8. The van der Waals surface area contributed by atoms with Crippen molar-refractivity contribution in [2.75, 3.05) is 26.2 Å². The normalized spacial score (nSPS) is 11.1. The van der Waals surface area contributed by atoms with Crippen LogP contribution in [-0.4, -0.2) is 43.1 Å². The molecule has 0 aliphatic heterocycles. The van der Waals surface area contributed by atoms with Gasteiger partial charge < -0.3 is 15.0 Å². The highest BCUT2D eigenvalue weighted by molar-refractivity contribution is 5.82. The zero-order valence-corrected chi connectivity index (χ0v) is 27.4. The van der Waals surface area contributed by atoms with E-state index in [0.717, 1.165) is 38.8 Å². The number of carbonyl (C=O) groups is 2. The summed E-state index contributed by atoms with van der Waals surface area (Å²) in [6, 6.07) is 0. The van der Waals surface area contributed by atoms with Crippen molar-refractivity contribution in [2.45, 2.75) is 188 Å². The smallest absolute Gasteiger partial charge is 0.407 e. The van der Waals surface area contributed by atoms with Crippen LogP contribution in [0.25, 0.3) is 0 Å². The van der Waals surface area contributed by atoms with Gasteiger partial charge in [-0.15, -0.1) is 0 Å². The zero-order chi connectivity index (χ0) is 29.4. The van der Waals surface area contributed by atoms with E-state index in [0.29, 0.717) is 6.61 Å². The van der Waals surface area contributed by atoms with Gasteiger partial charge in [0.1, 0.15) is 6.54 Å². The highest BCUT2D eigenvalue weighted by Gasteiger charge is 2.14. The molecule has 0 saturated heterocycles. The molecule has 0 aromatic carbocycles. The first kappa shape index (κ1) is 38.7. The molecule has 0 radical (unpaired) electrons. The molecule has 40 heavy (non-hydrogen) atoms. The molecule has 1 N–H and O–H groups in total. The third kappa shape index (κ3) is 28.3. The van der Waals surface area contributed by atoms with E-state index < -0.39 is 6.09 Å². The summed E-state index contributed by atoms with van der Waals surface area (Å²) in [7, 11) is 0. The van der Waals surface area contributed by atoms with Gasteiger partial charge in [-0.25, -0.2) is 4.79 Å². The van der Waals surface area contributed by atoms with Crippen LogP contribution in [0.4, 0.5) is 4.79 Å². The number of unbranched alkanes of at least 4 members (excludes halogenated alkanes) is 23. The first-order chi connectivity index (χ1) is 19.7. The third-order valence-corrected chi connectivity index (χ3v) is 8.03. The SMILES string of the molecule is CCCCCCCCCCCCCCN(CCCCCCCCCCCCCC)C(=O)CNC(=O)OCCCC. The van der Waals surface area contributed by atoms with Gasteiger partial charge in [0.15, 0.2) is 0 Å². The molecule has 0 aliphatic carbocycles. The minimum atomic E-state index is -0.475. The minimum absolute atomic E-state index is 0.0265. The fourth-order valence-corrected chi connectivity index (χ4v) is 5.27. The molecule has 238 valence electrons. The highest BCUT2D eigenvalue weighted by atomic mass is 16.5. The summed E-state index contributed by atoms with van der Waals surface area (Å²) < 4.78 is 5.15. The van der Waals surface area contributed by atoms with Crippen LogP contribution in [0, 0.1) is 0 Å². The predicted octanol–water partition coefficient (Wildman–Crippen LogP) is 10.7. The van der Waals surface area contributed by atoms with Gasteiger partial charge in [-0.3, -0.25) is 4.79 Å². The monoisotopic (exact) mass is 567 g/mol. The van der Waals surface area contributed by atoms with Crippen LogP contribution in [0.1, 0.15) is 188 Å². The van der Waals surface area contributed by atoms with E-state index >= 15 is 0 Å².